The maximum Gasteiger partial charge on any atom is 0.488 e. The lowest BCUT2D eigenvalue weighted by molar-refractivity contribution is -0.118. The lowest BCUT2D eigenvalue weighted by Gasteiger charge is -2.09. The van der Waals surface area contributed by atoms with E-state index in [1.54, 1.807) is 6.07 Å². The van der Waals surface area contributed by atoms with E-state index in [1.807, 2.05) is 0 Å². The summed E-state index contributed by atoms with van der Waals surface area (Å²) in [6, 6.07) is 4.50. The number of primary amides is 2. The zero-order valence-corrected chi connectivity index (χ0v) is 9.09. The molecule has 0 bridgehead atoms. The lowest BCUT2D eigenvalue weighted by atomic mass is 9.75. The van der Waals surface area contributed by atoms with Crippen LogP contribution in [0, 0.1) is 0 Å². The van der Waals surface area contributed by atoms with Gasteiger partial charge in [-0.25, -0.2) is 0 Å². The quantitative estimate of drug-likeness (QED) is 0.419. The monoisotopic (exact) mass is 236 g/mol. The van der Waals surface area contributed by atoms with Crippen LogP contribution in [0.25, 0.3) is 0 Å². The van der Waals surface area contributed by atoms with Gasteiger partial charge in [-0.2, -0.15) is 0 Å². The van der Waals surface area contributed by atoms with E-state index in [1.165, 1.54) is 12.1 Å². The summed E-state index contributed by atoms with van der Waals surface area (Å²) < 4.78 is 0. The van der Waals surface area contributed by atoms with Gasteiger partial charge in [-0.1, -0.05) is 18.2 Å². The van der Waals surface area contributed by atoms with Crippen LogP contribution in [0.15, 0.2) is 18.2 Å². The molecule has 17 heavy (non-hydrogen) atoms. The Morgan fingerprint density at radius 3 is 2.18 bits per heavy atom. The van der Waals surface area contributed by atoms with E-state index in [0.29, 0.717) is 11.1 Å². The Balaban J connectivity index is 3.09. The van der Waals surface area contributed by atoms with Crippen molar-refractivity contribution in [3.05, 3.63) is 29.3 Å². The van der Waals surface area contributed by atoms with Crippen molar-refractivity contribution >= 4 is 24.4 Å². The molecule has 0 aliphatic carbocycles. The number of carbonyl (C=O) groups excluding carboxylic acids is 2. The molecule has 0 fully saturated rings. The minimum atomic E-state index is -1.69. The number of hydrogen-bond donors (Lipinski definition) is 4. The van der Waals surface area contributed by atoms with Gasteiger partial charge < -0.3 is 21.5 Å². The molecule has 0 unspecified atom stereocenters. The molecule has 0 aliphatic rings. The fourth-order valence-corrected chi connectivity index (χ4v) is 1.56. The highest BCUT2D eigenvalue weighted by atomic mass is 16.4. The standard InChI is InChI=1S/C10H13BN2O4/c12-9(14)4-6-1-2-8(11(16)17)7(3-6)5-10(13)15/h1-3,16-17H,4-5H2,(H2,12,14)(H2,13,15). The Kier molecular flexibility index (Phi) is 4.25. The van der Waals surface area contributed by atoms with Gasteiger partial charge in [0, 0.05) is 0 Å². The summed E-state index contributed by atoms with van der Waals surface area (Å²) in [6.07, 6.45) is -0.104. The lowest BCUT2D eigenvalue weighted by Crippen LogP contribution is -2.35. The number of hydrogen-bond acceptors (Lipinski definition) is 4. The van der Waals surface area contributed by atoms with Gasteiger partial charge in [0.2, 0.25) is 11.8 Å². The van der Waals surface area contributed by atoms with E-state index < -0.39 is 18.9 Å². The molecule has 0 saturated heterocycles. The van der Waals surface area contributed by atoms with E-state index in [4.69, 9.17) is 21.5 Å². The summed E-state index contributed by atoms with van der Waals surface area (Å²) in [5.74, 6) is -1.10. The summed E-state index contributed by atoms with van der Waals surface area (Å²) >= 11 is 0. The topological polar surface area (TPSA) is 127 Å². The molecule has 6 N–H and O–H groups in total. The smallest absolute Gasteiger partial charge is 0.423 e. The first-order valence-corrected chi connectivity index (χ1v) is 4.94. The van der Waals surface area contributed by atoms with E-state index in [2.05, 4.69) is 0 Å². The van der Waals surface area contributed by atoms with Crippen molar-refractivity contribution in [1.82, 2.24) is 0 Å². The van der Waals surface area contributed by atoms with Gasteiger partial charge in [0.15, 0.2) is 0 Å². The van der Waals surface area contributed by atoms with Crippen LogP contribution in [0.2, 0.25) is 0 Å². The Hall–Kier alpha value is -1.86. The van der Waals surface area contributed by atoms with Crippen molar-refractivity contribution in [1.29, 1.82) is 0 Å². The second-order valence-electron chi connectivity index (χ2n) is 3.69. The van der Waals surface area contributed by atoms with Crippen LogP contribution in [-0.2, 0) is 22.4 Å². The maximum absolute atomic E-state index is 10.8. The SMILES string of the molecule is NC(=O)Cc1ccc(B(O)O)c(CC(N)=O)c1. The summed E-state index contributed by atoms with van der Waals surface area (Å²) in [5.41, 5.74) is 11.3. The zero-order valence-electron chi connectivity index (χ0n) is 9.09. The fraction of sp³-hybridized carbons (Fsp3) is 0.200. The van der Waals surface area contributed by atoms with Crippen LogP contribution in [-0.4, -0.2) is 29.0 Å². The van der Waals surface area contributed by atoms with Crippen LogP contribution < -0.4 is 16.9 Å². The molecule has 90 valence electrons. The first-order chi connectivity index (χ1) is 7.90. The van der Waals surface area contributed by atoms with Crippen LogP contribution in [0.1, 0.15) is 11.1 Å². The Bertz CT molecular complexity index is 448. The average molecular weight is 236 g/mol. The van der Waals surface area contributed by atoms with Crippen LogP contribution in [0.5, 0.6) is 0 Å². The molecule has 2 amide bonds. The van der Waals surface area contributed by atoms with Crippen molar-refractivity contribution in [3.8, 4) is 0 Å². The van der Waals surface area contributed by atoms with Crippen molar-refractivity contribution in [2.75, 3.05) is 0 Å². The first-order valence-electron chi connectivity index (χ1n) is 4.94. The minimum Gasteiger partial charge on any atom is -0.423 e. The normalized spacial score (nSPS) is 10.0. The van der Waals surface area contributed by atoms with Crippen LogP contribution in [0.3, 0.4) is 0 Å². The molecular weight excluding hydrogens is 223 g/mol. The molecule has 0 saturated carbocycles. The largest absolute Gasteiger partial charge is 0.488 e. The third kappa shape index (κ3) is 3.89. The predicted octanol–water partition coefficient (Wildman–Crippen LogP) is -2.58. The number of rotatable bonds is 5. The molecule has 0 aliphatic heterocycles. The van der Waals surface area contributed by atoms with Gasteiger partial charge in [0.05, 0.1) is 12.8 Å². The molecule has 6 nitrogen and oxygen atoms in total. The number of carbonyl (C=O) groups is 2. The second kappa shape index (κ2) is 5.47. The molecule has 0 aromatic heterocycles. The summed E-state index contributed by atoms with van der Waals surface area (Å²) in [4.78, 5) is 21.6. The Morgan fingerprint density at radius 2 is 1.71 bits per heavy atom. The number of benzene rings is 1. The molecular formula is C10H13BN2O4. The highest BCUT2D eigenvalue weighted by Crippen LogP contribution is 2.05. The van der Waals surface area contributed by atoms with Gasteiger partial charge >= 0.3 is 7.12 Å². The Labute approximate surface area is 98.4 Å². The van der Waals surface area contributed by atoms with E-state index in [0.717, 1.165) is 0 Å². The van der Waals surface area contributed by atoms with Gasteiger partial charge in [-0.05, 0) is 16.6 Å². The molecule has 0 atom stereocenters. The van der Waals surface area contributed by atoms with Gasteiger partial charge in [-0.3, -0.25) is 9.59 Å². The number of nitrogens with two attached hydrogens (primary N) is 2. The maximum atomic E-state index is 10.8. The van der Waals surface area contributed by atoms with E-state index in [-0.39, 0.29) is 18.3 Å². The minimum absolute atomic E-state index is 0.0214. The third-order valence-corrected chi connectivity index (χ3v) is 2.23. The van der Waals surface area contributed by atoms with Gasteiger partial charge in [0.1, 0.15) is 0 Å². The molecule has 1 aromatic carbocycles. The summed E-state index contributed by atoms with van der Waals surface area (Å²) in [7, 11) is -1.69. The van der Waals surface area contributed by atoms with Crippen molar-refractivity contribution < 1.29 is 19.6 Å². The zero-order chi connectivity index (χ0) is 13.0. The summed E-state index contributed by atoms with van der Waals surface area (Å²) in [6.45, 7) is 0. The highest BCUT2D eigenvalue weighted by Gasteiger charge is 2.17. The Morgan fingerprint density at radius 1 is 1.12 bits per heavy atom. The molecule has 0 spiro atoms. The van der Waals surface area contributed by atoms with Crippen molar-refractivity contribution in [3.63, 3.8) is 0 Å². The van der Waals surface area contributed by atoms with Crippen LogP contribution >= 0.6 is 0 Å². The van der Waals surface area contributed by atoms with Crippen molar-refractivity contribution in [2.45, 2.75) is 12.8 Å². The number of amides is 2. The predicted molar refractivity (Wildman–Crippen MR) is 62.1 cm³/mol. The van der Waals surface area contributed by atoms with Crippen LogP contribution in [0.4, 0.5) is 0 Å². The first kappa shape index (κ1) is 13.2. The van der Waals surface area contributed by atoms with E-state index in [9.17, 15) is 9.59 Å². The molecule has 0 heterocycles. The average Bonchev–Trinajstić information content (AvgIpc) is 2.15. The highest BCUT2D eigenvalue weighted by molar-refractivity contribution is 6.59. The summed E-state index contributed by atoms with van der Waals surface area (Å²) in [5, 5.41) is 18.2. The van der Waals surface area contributed by atoms with Crippen molar-refractivity contribution in [2.24, 2.45) is 11.5 Å². The molecule has 1 rings (SSSR count). The van der Waals surface area contributed by atoms with Gasteiger partial charge in [0.25, 0.3) is 0 Å². The molecule has 1 aromatic rings. The van der Waals surface area contributed by atoms with Gasteiger partial charge in [-0.15, -0.1) is 0 Å². The molecule has 7 heteroatoms. The molecule has 0 radical (unpaired) electrons. The fourth-order valence-electron chi connectivity index (χ4n) is 1.56. The third-order valence-electron chi connectivity index (χ3n) is 2.23. The van der Waals surface area contributed by atoms with E-state index >= 15 is 0 Å². The second-order valence-corrected chi connectivity index (χ2v) is 3.69.